The van der Waals surface area contributed by atoms with Gasteiger partial charge in [0.25, 0.3) is 0 Å². The lowest BCUT2D eigenvalue weighted by atomic mass is 9.82. The summed E-state index contributed by atoms with van der Waals surface area (Å²) in [6, 6.07) is 8.08. The Kier molecular flexibility index (Phi) is 5.06. The summed E-state index contributed by atoms with van der Waals surface area (Å²) in [6.45, 7) is 7.95. The molecule has 3 heteroatoms. The molecule has 0 saturated heterocycles. The first-order valence-electron chi connectivity index (χ1n) is 7.72. The third kappa shape index (κ3) is 2.84. The van der Waals surface area contributed by atoms with Crippen LogP contribution < -0.4 is 10.1 Å². The molecule has 2 rings (SSSR count). The molecule has 0 radical (unpaired) electrons. The fourth-order valence-electron chi connectivity index (χ4n) is 3.59. The summed E-state index contributed by atoms with van der Waals surface area (Å²) in [5.41, 5.74) is 2.86. The van der Waals surface area contributed by atoms with Gasteiger partial charge in [0.05, 0.1) is 7.11 Å². The van der Waals surface area contributed by atoms with E-state index in [1.807, 2.05) is 0 Å². The minimum atomic E-state index is 0.409. The minimum Gasteiger partial charge on any atom is -0.497 e. The molecular formula is C17H28N2O. The van der Waals surface area contributed by atoms with Crippen LogP contribution in [-0.2, 0) is 6.42 Å². The molecule has 0 aliphatic heterocycles. The number of ether oxygens (including phenoxy) is 1. The molecule has 0 amide bonds. The fourth-order valence-corrected chi connectivity index (χ4v) is 3.59. The van der Waals surface area contributed by atoms with Crippen LogP contribution in [0.2, 0.25) is 0 Å². The lowest BCUT2D eigenvalue weighted by Gasteiger charge is -2.42. The standard InChI is InChI=1S/C17H28N2O/c1-6-19(12(2)3)16-10-7-13-11-14(20-5)8-9-15(13)17(16)18-4/h8-9,11-12,16-18H,6-7,10H2,1-5H3. The van der Waals surface area contributed by atoms with E-state index in [2.05, 4.69) is 56.2 Å². The number of aryl methyl sites for hydroxylation is 1. The van der Waals surface area contributed by atoms with Crippen LogP contribution in [0, 0.1) is 0 Å². The Morgan fingerprint density at radius 3 is 2.70 bits per heavy atom. The predicted octanol–water partition coefficient (Wildman–Crippen LogP) is 3.00. The highest BCUT2D eigenvalue weighted by Crippen LogP contribution is 2.35. The molecule has 1 aliphatic carbocycles. The molecule has 1 N–H and O–H groups in total. The van der Waals surface area contributed by atoms with Gasteiger partial charge in [0, 0.05) is 18.1 Å². The second-order valence-electron chi connectivity index (χ2n) is 5.86. The maximum atomic E-state index is 5.35. The van der Waals surface area contributed by atoms with Crippen molar-refractivity contribution in [2.75, 3.05) is 20.7 Å². The summed E-state index contributed by atoms with van der Waals surface area (Å²) >= 11 is 0. The van der Waals surface area contributed by atoms with Gasteiger partial charge in [-0.15, -0.1) is 0 Å². The van der Waals surface area contributed by atoms with Gasteiger partial charge in [-0.3, -0.25) is 4.90 Å². The molecule has 20 heavy (non-hydrogen) atoms. The molecule has 0 spiro atoms. The number of benzene rings is 1. The minimum absolute atomic E-state index is 0.409. The first kappa shape index (κ1) is 15.3. The zero-order chi connectivity index (χ0) is 14.7. The Bertz CT molecular complexity index is 445. The Labute approximate surface area is 123 Å². The molecule has 112 valence electrons. The van der Waals surface area contributed by atoms with Crippen molar-refractivity contribution in [2.24, 2.45) is 0 Å². The van der Waals surface area contributed by atoms with Gasteiger partial charge in [0.1, 0.15) is 5.75 Å². The van der Waals surface area contributed by atoms with E-state index in [1.165, 1.54) is 17.5 Å². The number of methoxy groups -OCH3 is 1. The molecule has 3 nitrogen and oxygen atoms in total. The number of hydrogen-bond acceptors (Lipinski definition) is 3. The normalized spacial score (nSPS) is 22.1. The van der Waals surface area contributed by atoms with Gasteiger partial charge in [-0.25, -0.2) is 0 Å². The number of rotatable bonds is 5. The zero-order valence-electron chi connectivity index (χ0n) is 13.4. The summed E-state index contributed by atoms with van der Waals surface area (Å²) in [5, 5.41) is 3.53. The van der Waals surface area contributed by atoms with Gasteiger partial charge in [-0.1, -0.05) is 13.0 Å². The summed E-state index contributed by atoms with van der Waals surface area (Å²) < 4.78 is 5.35. The highest BCUT2D eigenvalue weighted by molar-refractivity contribution is 5.40. The quantitative estimate of drug-likeness (QED) is 0.895. The van der Waals surface area contributed by atoms with E-state index in [0.717, 1.165) is 18.7 Å². The third-order valence-corrected chi connectivity index (χ3v) is 4.54. The van der Waals surface area contributed by atoms with Crippen molar-refractivity contribution >= 4 is 0 Å². The van der Waals surface area contributed by atoms with E-state index in [0.29, 0.717) is 18.1 Å². The van der Waals surface area contributed by atoms with Gasteiger partial charge >= 0.3 is 0 Å². The number of likely N-dealkylation sites (N-methyl/N-ethyl adjacent to an activating group) is 2. The van der Waals surface area contributed by atoms with E-state index < -0.39 is 0 Å². The summed E-state index contributed by atoms with van der Waals surface area (Å²) in [6.07, 6.45) is 2.34. The number of nitrogens with one attached hydrogen (secondary N) is 1. The molecule has 0 saturated carbocycles. The van der Waals surface area contributed by atoms with Crippen LogP contribution in [0.3, 0.4) is 0 Å². The molecule has 2 atom stereocenters. The van der Waals surface area contributed by atoms with Crippen LogP contribution in [-0.4, -0.2) is 37.7 Å². The van der Waals surface area contributed by atoms with Crippen LogP contribution in [0.5, 0.6) is 5.75 Å². The lowest BCUT2D eigenvalue weighted by molar-refractivity contribution is 0.116. The highest BCUT2D eigenvalue weighted by atomic mass is 16.5. The largest absolute Gasteiger partial charge is 0.497 e. The van der Waals surface area contributed by atoms with Gasteiger partial charge < -0.3 is 10.1 Å². The monoisotopic (exact) mass is 276 g/mol. The summed E-state index contributed by atoms with van der Waals surface area (Å²) in [5.74, 6) is 0.966. The number of nitrogens with zero attached hydrogens (tertiary/aromatic N) is 1. The Morgan fingerprint density at radius 2 is 2.15 bits per heavy atom. The molecule has 0 heterocycles. The Hall–Kier alpha value is -1.06. The van der Waals surface area contributed by atoms with Crippen molar-refractivity contribution in [1.82, 2.24) is 10.2 Å². The van der Waals surface area contributed by atoms with Gasteiger partial charge in [0.2, 0.25) is 0 Å². The first-order valence-corrected chi connectivity index (χ1v) is 7.72. The van der Waals surface area contributed by atoms with Crippen molar-refractivity contribution in [3.63, 3.8) is 0 Å². The first-order chi connectivity index (χ1) is 9.62. The van der Waals surface area contributed by atoms with Crippen molar-refractivity contribution < 1.29 is 4.74 Å². The van der Waals surface area contributed by atoms with Gasteiger partial charge in [0.15, 0.2) is 0 Å². The van der Waals surface area contributed by atoms with Crippen molar-refractivity contribution in [1.29, 1.82) is 0 Å². The lowest BCUT2D eigenvalue weighted by Crippen LogP contribution is -2.49. The molecule has 0 fully saturated rings. The van der Waals surface area contributed by atoms with Crippen LogP contribution in [0.25, 0.3) is 0 Å². The van der Waals surface area contributed by atoms with Crippen molar-refractivity contribution in [3.05, 3.63) is 29.3 Å². The van der Waals surface area contributed by atoms with Crippen LogP contribution in [0.15, 0.2) is 18.2 Å². The summed E-state index contributed by atoms with van der Waals surface area (Å²) in [7, 11) is 3.81. The van der Waals surface area contributed by atoms with Crippen LogP contribution in [0.1, 0.15) is 44.4 Å². The SMILES string of the molecule is CCN(C(C)C)C1CCc2cc(OC)ccc2C1NC. The molecular weight excluding hydrogens is 248 g/mol. The fraction of sp³-hybridized carbons (Fsp3) is 0.647. The van der Waals surface area contributed by atoms with Crippen LogP contribution in [0.4, 0.5) is 0 Å². The van der Waals surface area contributed by atoms with Gasteiger partial charge in [-0.05, 0) is 63.5 Å². The topological polar surface area (TPSA) is 24.5 Å². The Morgan fingerprint density at radius 1 is 1.40 bits per heavy atom. The summed E-state index contributed by atoms with van der Waals surface area (Å²) in [4.78, 5) is 2.61. The molecule has 0 aromatic heterocycles. The average Bonchev–Trinajstić information content (AvgIpc) is 2.46. The molecule has 0 bridgehead atoms. The van der Waals surface area contributed by atoms with E-state index in [4.69, 9.17) is 4.74 Å². The zero-order valence-corrected chi connectivity index (χ0v) is 13.4. The number of fused-ring (bicyclic) bond motifs is 1. The van der Waals surface area contributed by atoms with Crippen molar-refractivity contribution in [3.8, 4) is 5.75 Å². The maximum absolute atomic E-state index is 5.35. The number of hydrogen-bond donors (Lipinski definition) is 1. The van der Waals surface area contributed by atoms with E-state index in [1.54, 1.807) is 7.11 Å². The molecule has 1 aromatic rings. The third-order valence-electron chi connectivity index (χ3n) is 4.54. The van der Waals surface area contributed by atoms with E-state index in [9.17, 15) is 0 Å². The molecule has 1 aromatic carbocycles. The average molecular weight is 276 g/mol. The predicted molar refractivity (Wildman–Crippen MR) is 84.4 cm³/mol. The smallest absolute Gasteiger partial charge is 0.119 e. The van der Waals surface area contributed by atoms with Gasteiger partial charge in [-0.2, -0.15) is 0 Å². The van der Waals surface area contributed by atoms with Crippen LogP contribution >= 0.6 is 0 Å². The molecule has 1 aliphatic rings. The highest BCUT2D eigenvalue weighted by Gasteiger charge is 2.33. The van der Waals surface area contributed by atoms with E-state index >= 15 is 0 Å². The second-order valence-corrected chi connectivity index (χ2v) is 5.86. The second kappa shape index (κ2) is 6.59. The van der Waals surface area contributed by atoms with E-state index in [-0.39, 0.29) is 0 Å². The van der Waals surface area contributed by atoms with Crippen molar-refractivity contribution in [2.45, 2.75) is 51.7 Å². The molecule has 2 unspecified atom stereocenters. The maximum Gasteiger partial charge on any atom is 0.119 e. The Balaban J connectivity index is 2.32.